The first-order valence-corrected chi connectivity index (χ1v) is 5.44. The molecule has 1 saturated carbocycles. The predicted molar refractivity (Wildman–Crippen MR) is 60.7 cm³/mol. The lowest BCUT2D eigenvalue weighted by atomic mass is 9.57. The number of halogens is 1. The molecule has 1 fully saturated rings. The van der Waals surface area contributed by atoms with Crippen LogP contribution in [-0.4, -0.2) is 12.2 Å². The van der Waals surface area contributed by atoms with Crippen molar-refractivity contribution in [1.82, 2.24) is 0 Å². The van der Waals surface area contributed by atoms with Gasteiger partial charge in [-0.05, 0) is 32.3 Å². The second-order valence-corrected chi connectivity index (χ2v) is 5.12. The van der Waals surface area contributed by atoms with Crippen LogP contribution in [0.3, 0.4) is 0 Å². The molecule has 0 heterocycles. The Balaban J connectivity index is 2.29. The predicted octanol–water partition coefficient (Wildman–Crippen LogP) is 2.71. The van der Waals surface area contributed by atoms with Crippen molar-refractivity contribution in [3.63, 3.8) is 0 Å². The van der Waals surface area contributed by atoms with E-state index in [1.165, 1.54) is 11.1 Å². The van der Waals surface area contributed by atoms with Crippen LogP contribution >= 0.6 is 0 Å². The molecule has 0 aliphatic heterocycles. The summed E-state index contributed by atoms with van der Waals surface area (Å²) in [6.45, 7) is 4.26. The van der Waals surface area contributed by atoms with Gasteiger partial charge in [0.05, 0.1) is 0 Å². The molecule has 0 bridgehead atoms. The largest absolute Gasteiger partial charge is 0.330 e. The molecule has 2 N–H and O–H groups in total. The SMILES string of the molecule is Cc1cccc(C2(CN)CC(C)(F)C2)c1. The van der Waals surface area contributed by atoms with Gasteiger partial charge < -0.3 is 5.73 Å². The van der Waals surface area contributed by atoms with Gasteiger partial charge in [-0.2, -0.15) is 0 Å². The summed E-state index contributed by atoms with van der Waals surface area (Å²) in [5, 5.41) is 0. The first kappa shape index (κ1) is 10.6. The summed E-state index contributed by atoms with van der Waals surface area (Å²) in [6, 6.07) is 8.27. The van der Waals surface area contributed by atoms with Crippen LogP contribution in [0.15, 0.2) is 24.3 Å². The molecule has 0 unspecified atom stereocenters. The quantitative estimate of drug-likeness (QED) is 0.792. The molecule has 0 atom stereocenters. The van der Waals surface area contributed by atoms with E-state index in [4.69, 9.17) is 5.73 Å². The van der Waals surface area contributed by atoms with Gasteiger partial charge in [0, 0.05) is 12.0 Å². The molecule has 2 heteroatoms. The van der Waals surface area contributed by atoms with Crippen LogP contribution in [0.4, 0.5) is 4.39 Å². The number of alkyl halides is 1. The van der Waals surface area contributed by atoms with E-state index < -0.39 is 5.67 Å². The Kier molecular flexibility index (Phi) is 2.34. The average molecular weight is 207 g/mol. The highest BCUT2D eigenvalue weighted by atomic mass is 19.1. The maximum absolute atomic E-state index is 13.6. The third-order valence-corrected chi connectivity index (χ3v) is 3.44. The van der Waals surface area contributed by atoms with Crippen molar-refractivity contribution < 1.29 is 4.39 Å². The number of hydrogen-bond donors (Lipinski definition) is 1. The molecule has 0 saturated heterocycles. The molecule has 0 spiro atoms. The molecule has 1 nitrogen and oxygen atoms in total. The average Bonchev–Trinajstić information content (AvgIpc) is 2.13. The Morgan fingerprint density at radius 1 is 1.40 bits per heavy atom. The van der Waals surface area contributed by atoms with Gasteiger partial charge in [-0.25, -0.2) is 4.39 Å². The molecule has 1 aromatic carbocycles. The van der Waals surface area contributed by atoms with Crippen LogP contribution in [0, 0.1) is 6.92 Å². The molecule has 1 aliphatic carbocycles. The fourth-order valence-corrected chi connectivity index (χ4v) is 2.80. The first-order chi connectivity index (χ1) is 6.97. The van der Waals surface area contributed by atoms with Gasteiger partial charge in [0.1, 0.15) is 5.67 Å². The zero-order valence-electron chi connectivity index (χ0n) is 9.39. The van der Waals surface area contributed by atoms with Crippen molar-refractivity contribution in [1.29, 1.82) is 0 Å². The lowest BCUT2D eigenvalue weighted by Crippen LogP contribution is -2.54. The van der Waals surface area contributed by atoms with E-state index in [1.807, 2.05) is 6.07 Å². The van der Waals surface area contributed by atoms with Crippen molar-refractivity contribution in [3.8, 4) is 0 Å². The lowest BCUT2D eigenvalue weighted by molar-refractivity contribution is 0.00271. The van der Waals surface area contributed by atoms with Crippen molar-refractivity contribution in [3.05, 3.63) is 35.4 Å². The first-order valence-electron chi connectivity index (χ1n) is 5.44. The molecule has 2 rings (SSSR count). The molecule has 15 heavy (non-hydrogen) atoms. The fraction of sp³-hybridized carbons (Fsp3) is 0.538. The summed E-state index contributed by atoms with van der Waals surface area (Å²) < 4.78 is 13.6. The maximum Gasteiger partial charge on any atom is 0.110 e. The van der Waals surface area contributed by atoms with E-state index in [2.05, 4.69) is 25.1 Å². The van der Waals surface area contributed by atoms with Crippen LogP contribution < -0.4 is 5.73 Å². The Bertz CT molecular complexity index is 363. The van der Waals surface area contributed by atoms with Crippen LogP contribution in [-0.2, 0) is 5.41 Å². The zero-order chi connectivity index (χ0) is 11.1. The standard InChI is InChI=1S/C13H18FN/c1-10-4-3-5-11(6-10)13(9-15)7-12(2,14)8-13/h3-6H,7-9,15H2,1-2H3. The molecule has 0 aromatic heterocycles. The van der Waals surface area contributed by atoms with Crippen LogP contribution in [0.25, 0.3) is 0 Å². The van der Waals surface area contributed by atoms with E-state index >= 15 is 0 Å². The highest BCUT2D eigenvalue weighted by Crippen LogP contribution is 2.51. The number of hydrogen-bond acceptors (Lipinski definition) is 1. The van der Waals surface area contributed by atoms with Gasteiger partial charge in [-0.1, -0.05) is 29.8 Å². The third kappa shape index (κ3) is 1.78. The minimum absolute atomic E-state index is 0.116. The molecular weight excluding hydrogens is 189 g/mol. The Morgan fingerprint density at radius 2 is 2.07 bits per heavy atom. The van der Waals surface area contributed by atoms with Gasteiger partial charge in [0.2, 0.25) is 0 Å². The monoisotopic (exact) mass is 207 g/mol. The highest BCUT2D eigenvalue weighted by Gasteiger charge is 2.52. The zero-order valence-corrected chi connectivity index (χ0v) is 9.39. The van der Waals surface area contributed by atoms with Crippen LogP contribution in [0.1, 0.15) is 30.9 Å². The lowest BCUT2D eigenvalue weighted by Gasteiger charge is -2.50. The summed E-state index contributed by atoms with van der Waals surface area (Å²) >= 11 is 0. The Morgan fingerprint density at radius 3 is 2.53 bits per heavy atom. The van der Waals surface area contributed by atoms with E-state index in [0.717, 1.165) is 0 Å². The van der Waals surface area contributed by atoms with Crippen LogP contribution in [0.2, 0.25) is 0 Å². The summed E-state index contributed by atoms with van der Waals surface area (Å²) in [5.41, 5.74) is 7.08. The topological polar surface area (TPSA) is 26.0 Å². The van der Waals surface area contributed by atoms with E-state index in [-0.39, 0.29) is 5.41 Å². The Hall–Kier alpha value is -0.890. The van der Waals surface area contributed by atoms with Crippen molar-refractivity contribution in [2.45, 2.75) is 37.8 Å². The smallest absolute Gasteiger partial charge is 0.110 e. The molecule has 1 aliphatic rings. The summed E-state index contributed by atoms with van der Waals surface area (Å²) in [6.07, 6.45) is 1.11. The number of nitrogens with two attached hydrogens (primary N) is 1. The molecule has 0 radical (unpaired) electrons. The maximum atomic E-state index is 13.6. The van der Waals surface area contributed by atoms with Crippen molar-refractivity contribution in [2.24, 2.45) is 5.73 Å². The van der Waals surface area contributed by atoms with Gasteiger partial charge in [-0.3, -0.25) is 0 Å². The number of benzene rings is 1. The minimum atomic E-state index is -1.02. The van der Waals surface area contributed by atoms with Crippen LogP contribution in [0.5, 0.6) is 0 Å². The normalized spacial score (nSPS) is 34.9. The van der Waals surface area contributed by atoms with Gasteiger partial charge in [0.15, 0.2) is 0 Å². The summed E-state index contributed by atoms with van der Waals surface area (Å²) in [5.74, 6) is 0. The third-order valence-electron chi connectivity index (χ3n) is 3.44. The minimum Gasteiger partial charge on any atom is -0.330 e. The Labute approximate surface area is 90.5 Å². The second-order valence-electron chi connectivity index (χ2n) is 5.12. The van der Waals surface area contributed by atoms with Gasteiger partial charge >= 0.3 is 0 Å². The van der Waals surface area contributed by atoms with Crippen molar-refractivity contribution in [2.75, 3.05) is 6.54 Å². The van der Waals surface area contributed by atoms with E-state index in [1.54, 1.807) is 6.92 Å². The fourth-order valence-electron chi connectivity index (χ4n) is 2.80. The van der Waals surface area contributed by atoms with Gasteiger partial charge in [0.25, 0.3) is 0 Å². The number of rotatable bonds is 2. The second kappa shape index (κ2) is 3.31. The van der Waals surface area contributed by atoms with E-state index in [0.29, 0.717) is 19.4 Å². The number of aryl methyl sites for hydroxylation is 1. The molecule has 1 aromatic rings. The molecular formula is C13H18FN. The molecule has 82 valence electrons. The van der Waals surface area contributed by atoms with Crippen molar-refractivity contribution >= 4 is 0 Å². The summed E-state index contributed by atoms with van der Waals surface area (Å²) in [7, 11) is 0. The summed E-state index contributed by atoms with van der Waals surface area (Å²) in [4.78, 5) is 0. The van der Waals surface area contributed by atoms with E-state index in [9.17, 15) is 4.39 Å². The highest BCUT2D eigenvalue weighted by molar-refractivity contribution is 5.34. The van der Waals surface area contributed by atoms with Gasteiger partial charge in [-0.15, -0.1) is 0 Å². The molecule has 0 amide bonds.